The second-order valence-corrected chi connectivity index (χ2v) is 6.53. The number of hydrogen-bond donors (Lipinski definition) is 1. The minimum absolute atomic E-state index is 0.116. The Morgan fingerprint density at radius 2 is 2.00 bits per heavy atom. The number of imidazole rings is 1. The summed E-state index contributed by atoms with van der Waals surface area (Å²) in [6.07, 6.45) is -1.57. The van der Waals surface area contributed by atoms with Crippen molar-refractivity contribution in [2.75, 3.05) is 31.2 Å². The van der Waals surface area contributed by atoms with Crippen LogP contribution in [0.25, 0.3) is 5.52 Å². The van der Waals surface area contributed by atoms with E-state index >= 15 is 0 Å². The third kappa shape index (κ3) is 4.02. The van der Waals surface area contributed by atoms with E-state index in [1.54, 1.807) is 12.1 Å². The molecule has 1 N–H and O–H groups in total. The van der Waals surface area contributed by atoms with E-state index in [1.165, 1.54) is 0 Å². The molecule has 0 radical (unpaired) electrons. The Kier molecular flexibility index (Phi) is 5.10. The minimum Gasteiger partial charge on any atom is -0.378 e. The summed E-state index contributed by atoms with van der Waals surface area (Å²) in [5, 5.41) is 2.61. The van der Waals surface area contributed by atoms with Crippen LogP contribution in [-0.2, 0) is 17.5 Å². The number of nitrogens with zero attached hydrogens (tertiary/aromatic N) is 4. The van der Waals surface area contributed by atoms with Gasteiger partial charge < -0.3 is 15.0 Å². The van der Waals surface area contributed by atoms with Gasteiger partial charge in [0.05, 0.1) is 36.5 Å². The number of carbonyl (C=O) groups excluding carboxylic acids is 1. The van der Waals surface area contributed by atoms with Gasteiger partial charge >= 0.3 is 6.18 Å². The molecular formula is C19H18F3N5O2. The molecule has 7 nitrogen and oxygen atoms in total. The predicted molar refractivity (Wildman–Crippen MR) is 98.6 cm³/mol. The number of hydrogen-bond acceptors (Lipinski definition) is 5. The maximum absolute atomic E-state index is 12.8. The Hall–Kier alpha value is -3.14. The highest BCUT2D eigenvalue weighted by Crippen LogP contribution is 2.29. The number of carbonyl (C=O) groups is 1. The van der Waals surface area contributed by atoms with E-state index in [-0.39, 0.29) is 17.9 Å². The summed E-state index contributed by atoms with van der Waals surface area (Å²) in [5.41, 5.74) is 0.131. The molecule has 0 atom stereocenters. The largest absolute Gasteiger partial charge is 0.416 e. The highest BCUT2D eigenvalue weighted by molar-refractivity contribution is 5.99. The lowest BCUT2D eigenvalue weighted by Crippen LogP contribution is -2.37. The fourth-order valence-corrected chi connectivity index (χ4v) is 3.18. The molecule has 0 unspecified atom stereocenters. The normalized spacial score (nSPS) is 14.9. The molecule has 4 rings (SSSR count). The number of rotatable bonds is 4. The quantitative estimate of drug-likeness (QED) is 0.722. The summed E-state index contributed by atoms with van der Waals surface area (Å²) >= 11 is 0. The summed E-state index contributed by atoms with van der Waals surface area (Å²) in [5.74, 6) is 0.152. The van der Waals surface area contributed by atoms with Crippen molar-refractivity contribution in [2.45, 2.75) is 12.7 Å². The molecule has 1 aliphatic heterocycles. The van der Waals surface area contributed by atoms with Crippen molar-refractivity contribution < 1.29 is 22.7 Å². The van der Waals surface area contributed by atoms with Crippen LogP contribution in [-0.4, -0.2) is 46.6 Å². The number of aromatic nitrogens is 3. The molecule has 29 heavy (non-hydrogen) atoms. The molecule has 10 heteroatoms. The summed E-state index contributed by atoms with van der Waals surface area (Å²) in [6.45, 7) is 2.32. The Bertz CT molecular complexity index is 1030. The Morgan fingerprint density at radius 3 is 2.76 bits per heavy atom. The topological polar surface area (TPSA) is 71.8 Å². The van der Waals surface area contributed by atoms with Crippen molar-refractivity contribution in [1.82, 2.24) is 19.7 Å². The van der Waals surface area contributed by atoms with Gasteiger partial charge in [-0.15, -0.1) is 0 Å². The first kappa shape index (κ1) is 19.2. The van der Waals surface area contributed by atoms with Gasteiger partial charge in [-0.05, 0) is 24.3 Å². The minimum atomic E-state index is -4.46. The van der Waals surface area contributed by atoms with Crippen LogP contribution in [0.4, 0.5) is 19.1 Å². The van der Waals surface area contributed by atoms with E-state index in [9.17, 15) is 18.0 Å². The van der Waals surface area contributed by atoms with Crippen LogP contribution in [0.15, 0.2) is 42.7 Å². The van der Waals surface area contributed by atoms with Crippen LogP contribution in [0.2, 0.25) is 0 Å². The zero-order chi connectivity index (χ0) is 20.4. The third-order valence-electron chi connectivity index (χ3n) is 4.61. The highest BCUT2D eigenvalue weighted by atomic mass is 19.4. The molecule has 0 aromatic carbocycles. The van der Waals surface area contributed by atoms with Gasteiger partial charge in [0.2, 0.25) is 5.95 Å². The zero-order valence-corrected chi connectivity index (χ0v) is 15.3. The number of nitrogens with one attached hydrogen (secondary N) is 1. The summed E-state index contributed by atoms with van der Waals surface area (Å²) in [4.78, 5) is 23.2. The van der Waals surface area contributed by atoms with Gasteiger partial charge in [-0.1, -0.05) is 6.07 Å². The van der Waals surface area contributed by atoms with Crippen molar-refractivity contribution in [3.8, 4) is 0 Å². The summed E-state index contributed by atoms with van der Waals surface area (Å²) < 4.78 is 45.7. The van der Waals surface area contributed by atoms with Crippen LogP contribution in [0, 0.1) is 0 Å². The molecule has 0 bridgehead atoms. The zero-order valence-electron chi connectivity index (χ0n) is 15.3. The monoisotopic (exact) mass is 405 g/mol. The van der Waals surface area contributed by atoms with Gasteiger partial charge in [-0.2, -0.15) is 13.2 Å². The molecule has 1 saturated heterocycles. The lowest BCUT2D eigenvalue weighted by atomic mass is 10.2. The van der Waals surface area contributed by atoms with E-state index in [0.29, 0.717) is 37.8 Å². The molecule has 4 heterocycles. The molecule has 152 valence electrons. The Labute approximate surface area is 164 Å². The highest BCUT2D eigenvalue weighted by Gasteiger charge is 2.30. The summed E-state index contributed by atoms with van der Waals surface area (Å²) in [7, 11) is 0. The molecule has 0 saturated carbocycles. The first-order chi connectivity index (χ1) is 13.9. The van der Waals surface area contributed by atoms with Crippen molar-refractivity contribution in [2.24, 2.45) is 0 Å². The van der Waals surface area contributed by atoms with Gasteiger partial charge in [-0.3, -0.25) is 14.2 Å². The molecular weight excluding hydrogens is 387 g/mol. The summed E-state index contributed by atoms with van der Waals surface area (Å²) in [6, 6.07) is 7.22. The molecule has 1 aliphatic rings. The number of morpholine rings is 1. The number of halogens is 3. The fourth-order valence-electron chi connectivity index (χ4n) is 3.18. The smallest absolute Gasteiger partial charge is 0.378 e. The second kappa shape index (κ2) is 7.70. The van der Waals surface area contributed by atoms with Gasteiger partial charge in [0.25, 0.3) is 5.91 Å². The molecule has 1 amide bonds. The Balaban J connectivity index is 1.56. The SMILES string of the molecule is O=C(NCc1cc(C(F)(F)F)ccn1)c1nc(N2CCOCC2)n2ccccc12. The molecule has 0 spiro atoms. The van der Waals surface area contributed by atoms with Gasteiger partial charge in [0, 0.05) is 25.5 Å². The van der Waals surface area contributed by atoms with E-state index in [4.69, 9.17) is 4.74 Å². The molecule has 3 aromatic heterocycles. The lowest BCUT2D eigenvalue weighted by Gasteiger charge is -2.27. The first-order valence-electron chi connectivity index (χ1n) is 9.03. The van der Waals surface area contributed by atoms with Crippen molar-refractivity contribution >= 4 is 17.4 Å². The van der Waals surface area contributed by atoms with Crippen molar-refractivity contribution in [3.05, 3.63) is 59.7 Å². The predicted octanol–water partition coefficient (Wildman–Crippen LogP) is 2.51. The van der Waals surface area contributed by atoms with Crippen LogP contribution in [0.3, 0.4) is 0 Å². The second-order valence-electron chi connectivity index (χ2n) is 6.53. The van der Waals surface area contributed by atoms with E-state index in [0.717, 1.165) is 18.3 Å². The number of anilines is 1. The maximum Gasteiger partial charge on any atom is 0.416 e. The average Bonchev–Trinajstić information content (AvgIpc) is 3.12. The molecule has 3 aromatic rings. The van der Waals surface area contributed by atoms with Crippen molar-refractivity contribution in [1.29, 1.82) is 0 Å². The van der Waals surface area contributed by atoms with E-state index in [1.807, 2.05) is 21.6 Å². The first-order valence-corrected chi connectivity index (χ1v) is 9.03. The van der Waals surface area contributed by atoms with Crippen LogP contribution in [0.1, 0.15) is 21.7 Å². The number of fused-ring (bicyclic) bond motifs is 1. The molecule has 1 fully saturated rings. The van der Waals surface area contributed by atoms with Gasteiger partial charge in [-0.25, -0.2) is 4.98 Å². The number of ether oxygens (including phenoxy) is 1. The van der Waals surface area contributed by atoms with Crippen LogP contribution >= 0.6 is 0 Å². The number of pyridine rings is 2. The number of amides is 1. The van der Waals surface area contributed by atoms with Crippen LogP contribution in [0.5, 0.6) is 0 Å². The van der Waals surface area contributed by atoms with Crippen LogP contribution < -0.4 is 10.2 Å². The molecule has 0 aliphatic carbocycles. The third-order valence-corrected chi connectivity index (χ3v) is 4.61. The van der Waals surface area contributed by atoms with Gasteiger partial charge in [0.1, 0.15) is 0 Å². The standard InChI is InChI=1S/C19H18F3N5O2/c20-19(21,22)13-4-5-23-14(11-13)12-24-17(28)16-15-3-1-2-6-27(15)18(25-16)26-7-9-29-10-8-26/h1-6,11H,7-10,12H2,(H,24,28). The van der Waals surface area contributed by atoms with E-state index < -0.39 is 17.6 Å². The number of alkyl halides is 3. The maximum atomic E-state index is 12.8. The van der Waals surface area contributed by atoms with E-state index in [2.05, 4.69) is 15.3 Å². The van der Waals surface area contributed by atoms with Crippen molar-refractivity contribution in [3.63, 3.8) is 0 Å². The van der Waals surface area contributed by atoms with Gasteiger partial charge in [0.15, 0.2) is 5.69 Å². The average molecular weight is 405 g/mol. The fraction of sp³-hybridized carbons (Fsp3) is 0.316. The Morgan fingerprint density at radius 1 is 1.21 bits per heavy atom. The lowest BCUT2D eigenvalue weighted by molar-refractivity contribution is -0.137.